The van der Waals surface area contributed by atoms with Crippen LogP contribution in [0.5, 0.6) is 0 Å². The summed E-state index contributed by atoms with van der Waals surface area (Å²) in [5.74, 6) is -0.0427. The van der Waals surface area contributed by atoms with Crippen molar-refractivity contribution in [3.8, 4) is 0 Å². The zero-order chi connectivity index (χ0) is 17.9. The zero-order valence-electron chi connectivity index (χ0n) is 14.5. The molecule has 0 aromatic carbocycles. The molecule has 2 unspecified atom stereocenters. The van der Waals surface area contributed by atoms with Crippen molar-refractivity contribution < 1.29 is 19.5 Å². The molecule has 6 heteroatoms. The molecule has 1 fully saturated rings. The fraction of sp³-hybridized carbons (Fsp3) is 0.722. The molecule has 0 radical (unpaired) electrons. The van der Waals surface area contributed by atoms with Gasteiger partial charge in [0.05, 0.1) is 0 Å². The SMILES string of the molecule is CC(CCC(C)C(=O)CCCC[C@@H]1CCSS1)C(=O)/C=C/C(=O)O. The second-order valence-electron chi connectivity index (χ2n) is 6.49. The van der Waals surface area contributed by atoms with Crippen molar-refractivity contribution in [1.82, 2.24) is 0 Å². The first-order valence-corrected chi connectivity index (χ1v) is 11.0. The number of hydrogen-bond donors (Lipinski definition) is 1. The van der Waals surface area contributed by atoms with E-state index >= 15 is 0 Å². The van der Waals surface area contributed by atoms with Crippen LogP contribution < -0.4 is 0 Å². The maximum atomic E-state index is 12.2. The van der Waals surface area contributed by atoms with Crippen LogP contribution in [0.15, 0.2) is 12.2 Å². The quantitative estimate of drug-likeness (QED) is 0.308. The van der Waals surface area contributed by atoms with Gasteiger partial charge in [-0.3, -0.25) is 9.59 Å². The topological polar surface area (TPSA) is 71.4 Å². The Balaban J connectivity index is 2.16. The van der Waals surface area contributed by atoms with Gasteiger partial charge in [-0.1, -0.05) is 41.9 Å². The Labute approximate surface area is 152 Å². The van der Waals surface area contributed by atoms with Crippen molar-refractivity contribution in [2.75, 3.05) is 5.75 Å². The third-order valence-corrected chi connectivity index (χ3v) is 7.39. The van der Waals surface area contributed by atoms with Crippen molar-refractivity contribution in [2.45, 2.75) is 64.0 Å². The number of rotatable bonds is 12. The standard InChI is InChI=1S/C18H28O4S2/c1-13(7-8-14(2)17(20)9-10-18(21)22)16(19)6-4-3-5-15-11-12-23-24-15/h9-10,13-15H,3-8,11-12H2,1-2H3,(H,21,22)/b10-9+/t13?,14?,15-/m1/s1. The fourth-order valence-electron chi connectivity index (χ4n) is 2.60. The third kappa shape index (κ3) is 8.92. The van der Waals surface area contributed by atoms with Gasteiger partial charge >= 0.3 is 5.97 Å². The van der Waals surface area contributed by atoms with Gasteiger partial charge in [0.25, 0.3) is 0 Å². The molecule has 1 aliphatic rings. The Hall–Kier alpha value is -0.750. The number of ketones is 2. The Morgan fingerprint density at radius 1 is 1.12 bits per heavy atom. The van der Waals surface area contributed by atoms with Crippen LogP contribution in [-0.2, 0) is 14.4 Å². The van der Waals surface area contributed by atoms with Gasteiger partial charge in [-0.2, -0.15) is 0 Å². The molecule has 24 heavy (non-hydrogen) atoms. The van der Waals surface area contributed by atoms with E-state index in [4.69, 9.17) is 5.11 Å². The second kappa shape index (κ2) is 11.7. The van der Waals surface area contributed by atoms with Crippen LogP contribution in [0.25, 0.3) is 0 Å². The lowest BCUT2D eigenvalue weighted by Gasteiger charge is -2.13. The molecular weight excluding hydrogens is 344 g/mol. The highest BCUT2D eigenvalue weighted by Gasteiger charge is 2.18. The summed E-state index contributed by atoms with van der Waals surface area (Å²) in [6.45, 7) is 3.71. The van der Waals surface area contributed by atoms with Gasteiger partial charge < -0.3 is 5.11 Å². The monoisotopic (exact) mass is 372 g/mol. The third-order valence-electron chi connectivity index (χ3n) is 4.38. The molecule has 0 amide bonds. The lowest BCUT2D eigenvalue weighted by molar-refractivity contribution is -0.131. The molecule has 0 bridgehead atoms. The predicted octanol–water partition coefficient (Wildman–Crippen LogP) is 4.53. The second-order valence-corrected chi connectivity index (χ2v) is 9.28. The van der Waals surface area contributed by atoms with E-state index in [1.165, 1.54) is 18.6 Å². The lowest BCUT2D eigenvalue weighted by atomic mass is 9.91. The normalized spacial score (nSPS) is 20.2. The number of hydrogen-bond acceptors (Lipinski definition) is 5. The van der Waals surface area contributed by atoms with Gasteiger partial charge in [-0.05, 0) is 38.2 Å². The average molecular weight is 373 g/mol. The molecule has 1 N–H and O–H groups in total. The summed E-state index contributed by atoms with van der Waals surface area (Å²) in [5, 5.41) is 9.29. The summed E-state index contributed by atoms with van der Waals surface area (Å²) in [4.78, 5) is 34.3. The van der Waals surface area contributed by atoms with Crippen molar-refractivity contribution in [3.05, 3.63) is 12.2 Å². The van der Waals surface area contributed by atoms with E-state index in [1.807, 2.05) is 28.5 Å². The van der Waals surface area contributed by atoms with Crippen LogP contribution in [0.3, 0.4) is 0 Å². The Morgan fingerprint density at radius 3 is 2.46 bits per heavy atom. The number of carboxylic acids is 1. The van der Waals surface area contributed by atoms with E-state index in [2.05, 4.69) is 0 Å². The number of Topliss-reactive ketones (excluding diaryl/α,β-unsaturated/α-hetero) is 1. The molecule has 4 nitrogen and oxygen atoms in total. The minimum atomic E-state index is -1.12. The summed E-state index contributed by atoms with van der Waals surface area (Å²) < 4.78 is 0. The molecule has 1 aliphatic heterocycles. The molecule has 1 rings (SSSR count). The first kappa shape index (κ1) is 21.3. The van der Waals surface area contributed by atoms with Crippen LogP contribution >= 0.6 is 21.6 Å². The summed E-state index contributed by atoms with van der Waals surface area (Å²) in [5.41, 5.74) is 0. The van der Waals surface area contributed by atoms with Crippen molar-refractivity contribution >= 4 is 39.1 Å². The lowest BCUT2D eigenvalue weighted by Crippen LogP contribution is -2.15. The van der Waals surface area contributed by atoms with Gasteiger partial charge in [-0.15, -0.1) is 0 Å². The minimum Gasteiger partial charge on any atom is -0.478 e. The first-order chi connectivity index (χ1) is 11.4. The van der Waals surface area contributed by atoms with Gasteiger partial charge in [0, 0.05) is 35.3 Å². The Morgan fingerprint density at radius 2 is 1.83 bits per heavy atom. The summed E-state index contributed by atoms with van der Waals surface area (Å²) >= 11 is 0. The van der Waals surface area contributed by atoms with Gasteiger partial charge in [0.2, 0.25) is 0 Å². The van der Waals surface area contributed by atoms with Crippen molar-refractivity contribution in [2.24, 2.45) is 11.8 Å². The van der Waals surface area contributed by atoms with Gasteiger partial charge in [0.15, 0.2) is 5.78 Å². The maximum absolute atomic E-state index is 12.2. The predicted molar refractivity (Wildman–Crippen MR) is 101 cm³/mol. The molecule has 0 aromatic heterocycles. The number of carboxylic acid groups (broad SMARTS) is 1. The summed E-state index contributed by atoms with van der Waals surface area (Å²) in [6.07, 6.45) is 8.49. The molecule has 0 aromatic rings. The van der Waals surface area contributed by atoms with Crippen LogP contribution in [-0.4, -0.2) is 33.6 Å². The highest BCUT2D eigenvalue weighted by atomic mass is 33.1. The largest absolute Gasteiger partial charge is 0.478 e. The van der Waals surface area contributed by atoms with E-state index in [0.717, 1.165) is 30.2 Å². The van der Waals surface area contributed by atoms with Crippen molar-refractivity contribution in [3.63, 3.8) is 0 Å². The molecule has 3 atom stereocenters. The summed E-state index contributed by atoms with van der Waals surface area (Å²) in [6, 6.07) is 0. The van der Waals surface area contributed by atoms with E-state index in [9.17, 15) is 14.4 Å². The molecule has 0 aliphatic carbocycles. The molecule has 0 spiro atoms. The molecular formula is C18H28O4S2. The minimum absolute atomic E-state index is 0.0277. The summed E-state index contributed by atoms with van der Waals surface area (Å²) in [7, 11) is 3.94. The zero-order valence-corrected chi connectivity index (χ0v) is 16.2. The number of aliphatic carboxylic acids is 1. The fourth-order valence-corrected chi connectivity index (χ4v) is 5.63. The number of carbonyl (C=O) groups excluding carboxylic acids is 2. The van der Waals surface area contributed by atoms with Crippen molar-refractivity contribution in [1.29, 1.82) is 0 Å². The van der Waals surface area contributed by atoms with Gasteiger partial charge in [0.1, 0.15) is 5.78 Å². The van der Waals surface area contributed by atoms with Gasteiger partial charge in [-0.25, -0.2) is 4.79 Å². The van der Waals surface area contributed by atoms with E-state index < -0.39 is 5.97 Å². The average Bonchev–Trinajstić information content (AvgIpc) is 3.06. The molecule has 136 valence electrons. The highest BCUT2D eigenvalue weighted by molar-refractivity contribution is 8.77. The Kier molecular flexibility index (Phi) is 10.4. The molecule has 1 saturated heterocycles. The number of allylic oxidation sites excluding steroid dienone is 1. The van der Waals surface area contributed by atoms with E-state index in [1.54, 1.807) is 6.92 Å². The maximum Gasteiger partial charge on any atom is 0.328 e. The number of carbonyl (C=O) groups is 3. The Bertz CT molecular complexity index is 456. The van der Waals surface area contributed by atoms with E-state index in [0.29, 0.717) is 19.3 Å². The smallest absolute Gasteiger partial charge is 0.328 e. The van der Waals surface area contributed by atoms with Crippen LogP contribution in [0, 0.1) is 11.8 Å². The first-order valence-electron chi connectivity index (χ1n) is 8.66. The highest BCUT2D eigenvalue weighted by Crippen LogP contribution is 2.39. The van der Waals surface area contributed by atoms with E-state index in [-0.39, 0.29) is 23.4 Å². The van der Waals surface area contributed by atoms with Crippen LogP contribution in [0.4, 0.5) is 0 Å². The number of unbranched alkanes of at least 4 members (excludes halogenated alkanes) is 1. The molecule has 1 heterocycles. The molecule has 0 saturated carbocycles. The van der Waals surface area contributed by atoms with Crippen LogP contribution in [0.1, 0.15) is 58.8 Å². The van der Waals surface area contributed by atoms with Crippen LogP contribution in [0.2, 0.25) is 0 Å².